The summed E-state index contributed by atoms with van der Waals surface area (Å²) in [4.78, 5) is 11.6. The van der Waals surface area contributed by atoms with Crippen LogP contribution in [0.25, 0.3) is 0 Å². The molecule has 1 atom stereocenters. The number of esters is 1. The van der Waals surface area contributed by atoms with Gasteiger partial charge in [0, 0.05) is 0 Å². The van der Waals surface area contributed by atoms with E-state index in [0.29, 0.717) is 0 Å². The van der Waals surface area contributed by atoms with E-state index >= 15 is 0 Å². The van der Waals surface area contributed by atoms with Crippen LogP contribution >= 0.6 is 0 Å². The highest BCUT2D eigenvalue weighted by atomic mass is 16.6. The zero-order chi connectivity index (χ0) is 14.7. The second kappa shape index (κ2) is 10.2. The van der Waals surface area contributed by atoms with Gasteiger partial charge in [0.25, 0.3) is 0 Å². The minimum atomic E-state index is -0.459. The number of carbonyl (C=O) groups is 1. The van der Waals surface area contributed by atoms with E-state index in [1.807, 2.05) is 20.8 Å². The predicted molar refractivity (Wildman–Crippen MR) is 81.0 cm³/mol. The molecule has 0 rings (SSSR count). The Morgan fingerprint density at radius 2 is 1.47 bits per heavy atom. The number of hydrogen-bond acceptors (Lipinski definition) is 3. The quantitative estimate of drug-likeness (QED) is 0.479. The maximum Gasteiger partial charge on any atom is 0.323 e. The first kappa shape index (κ1) is 18.4. The topological polar surface area (TPSA) is 52.3 Å². The Labute approximate surface area is 119 Å². The van der Waals surface area contributed by atoms with Crippen LogP contribution in [0.5, 0.6) is 0 Å². The third-order valence-electron chi connectivity index (χ3n) is 3.08. The number of hydrogen-bond donors (Lipinski definition) is 1. The molecule has 3 nitrogen and oxygen atoms in total. The Morgan fingerprint density at radius 3 is 1.95 bits per heavy atom. The molecule has 2 N–H and O–H groups in total. The number of nitrogens with two attached hydrogens (primary N) is 1. The summed E-state index contributed by atoms with van der Waals surface area (Å²) in [6, 6.07) is -0.459. The lowest BCUT2D eigenvalue weighted by Crippen LogP contribution is -2.37. The predicted octanol–water partition coefficient (Wildman–Crippen LogP) is 4.19. The summed E-state index contributed by atoms with van der Waals surface area (Å²) in [5.74, 6) is -0.268. The highest BCUT2D eigenvalue weighted by Crippen LogP contribution is 2.12. The van der Waals surface area contributed by atoms with Crippen LogP contribution < -0.4 is 5.73 Å². The first-order valence-corrected chi connectivity index (χ1v) is 7.85. The van der Waals surface area contributed by atoms with Gasteiger partial charge in [0.15, 0.2) is 0 Å². The van der Waals surface area contributed by atoms with Crippen LogP contribution in [0.1, 0.15) is 85.5 Å². The van der Waals surface area contributed by atoms with Gasteiger partial charge < -0.3 is 10.5 Å². The number of unbranched alkanes of at least 4 members (excludes halogenated alkanes) is 7. The lowest BCUT2D eigenvalue weighted by molar-refractivity contribution is -0.156. The summed E-state index contributed by atoms with van der Waals surface area (Å²) in [5.41, 5.74) is 5.39. The highest BCUT2D eigenvalue weighted by molar-refractivity contribution is 5.75. The maximum atomic E-state index is 11.6. The number of rotatable bonds is 10. The van der Waals surface area contributed by atoms with Gasteiger partial charge >= 0.3 is 5.97 Å². The van der Waals surface area contributed by atoms with Crippen molar-refractivity contribution in [1.29, 1.82) is 0 Å². The van der Waals surface area contributed by atoms with E-state index in [1.54, 1.807) is 0 Å². The van der Waals surface area contributed by atoms with Crippen molar-refractivity contribution in [2.24, 2.45) is 5.73 Å². The fourth-order valence-electron chi connectivity index (χ4n) is 1.99. The molecule has 0 heterocycles. The minimum Gasteiger partial charge on any atom is -0.459 e. The van der Waals surface area contributed by atoms with Gasteiger partial charge in [0.05, 0.1) is 0 Å². The Kier molecular flexibility index (Phi) is 9.94. The van der Waals surface area contributed by atoms with Gasteiger partial charge in [-0.3, -0.25) is 4.79 Å². The smallest absolute Gasteiger partial charge is 0.323 e. The summed E-state index contributed by atoms with van der Waals surface area (Å²) >= 11 is 0. The molecule has 0 saturated heterocycles. The minimum absolute atomic E-state index is 0.268. The first-order chi connectivity index (χ1) is 8.87. The monoisotopic (exact) mass is 271 g/mol. The summed E-state index contributed by atoms with van der Waals surface area (Å²) in [6.07, 6.45) is 10.8. The molecule has 114 valence electrons. The number of ether oxygens (including phenoxy) is 1. The normalized spacial score (nSPS) is 13.3. The van der Waals surface area contributed by atoms with E-state index in [2.05, 4.69) is 6.92 Å². The molecule has 0 fully saturated rings. The van der Waals surface area contributed by atoms with Crippen LogP contribution in [0.4, 0.5) is 0 Å². The van der Waals surface area contributed by atoms with Gasteiger partial charge in [0.2, 0.25) is 0 Å². The van der Waals surface area contributed by atoms with Crippen LogP contribution in [-0.4, -0.2) is 17.6 Å². The lowest BCUT2D eigenvalue weighted by Gasteiger charge is -2.22. The molecule has 0 amide bonds. The fourth-order valence-corrected chi connectivity index (χ4v) is 1.99. The van der Waals surface area contributed by atoms with Crippen molar-refractivity contribution in [3.63, 3.8) is 0 Å². The molecule has 0 bridgehead atoms. The molecule has 0 aromatic carbocycles. The van der Waals surface area contributed by atoms with Crippen LogP contribution in [-0.2, 0) is 9.53 Å². The molecule has 0 spiro atoms. The Balaban J connectivity index is 3.48. The third-order valence-corrected chi connectivity index (χ3v) is 3.08. The summed E-state index contributed by atoms with van der Waals surface area (Å²) in [6.45, 7) is 7.84. The average molecular weight is 271 g/mol. The molecule has 0 aliphatic carbocycles. The van der Waals surface area contributed by atoms with Gasteiger partial charge in [-0.1, -0.05) is 58.3 Å². The van der Waals surface area contributed by atoms with E-state index in [-0.39, 0.29) is 5.97 Å². The average Bonchev–Trinajstić information content (AvgIpc) is 2.30. The summed E-state index contributed by atoms with van der Waals surface area (Å²) in [7, 11) is 0. The van der Waals surface area contributed by atoms with Crippen LogP contribution in [0, 0.1) is 0 Å². The van der Waals surface area contributed by atoms with Crippen molar-refractivity contribution in [1.82, 2.24) is 0 Å². The Bertz CT molecular complexity index is 233. The molecule has 0 aromatic heterocycles. The molecule has 0 aliphatic rings. The zero-order valence-corrected chi connectivity index (χ0v) is 13.3. The molecule has 0 aromatic rings. The molecular weight excluding hydrogens is 238 g/mol. The standard InChI is InChI=1S/C16H33NO2/c1-5-6-7-8-9-10-11-12-13-14(17)15(18)19-16(2,3)4/h14H,5-13,17H2,1-4H3/t14-/m0/s1. The Hall–Kier alpha value is -0.570. The molecule has 3 heteroatoms. The van der Waals surface area contributed by atoms with Crippen LogP contribution in [0.3, 0.4) is 0 Å². The van der Waals surface area contributed by atoms with E-state index in [4.69, 9.17) is 10.5 Å². The lowest BCUT2D eigenvalue weighted by atomic mass is 10.0. The van der Waals surface area contributed by atoms with Gasteiger partial charge in [-0.15, -0.1) is 0 Å². The van der Waals surface area contributed by atoms with Crippen molar-refractivity contribution in [3.05, 3.63) is 0 Å². The van der Waals surface area contributed by atoms with Crippen LogP contribution in [0.15, 0.2) is 0 Å². The van der Waals surface area contributed by atoms with Crippen LogP contribution in [0.2, 0.25) is 0 Å². The zero-order valence-electron chi connectivity index (χ0n) is 13.3. The molecule has 0 aliphatic heterocycles. The molecule has 0 unspecified atom stereocenters. The highest BCUT2D eigenvalue weighted by Gasteiger charge is 2.21. The van der Waals surface area contributed by atoms with E-state index in [1.165, 1.54) is 44.9 Å². The van der Waals surface area contributed by atoms with Crippen molar-refractivity contribution < 1.29 is 9.53 Å². The van der Waals surface area contributed by atoms with E-state index < -0.39 is 11.6 Å². The number of carbonyl (C=O) groups excluding carboxylic acids is 1. The fraction of sp³-hybridized carbons (Fsp3) is 0.938. The van der Waals surface area contributed by atoms with Crippen molar-refractivity contribution >= 4 is 5.97 Å². The van der Waals surface area contributed by atoms with E-state index in [9.17, 15) is 4.79 Å². The van der Waals surface area contributed by atoms with Crippen molar-refractivity contribution in [3.8, 4) is 0 Å². The first-order valence-electron chi connectivity index (χ1n) is 7.85. The second-order valence-corrected chi connectivity index (χ2v) is 6.40. The van der Waals surface area contributed by atoms with E-state index in [0.717, 1.165) is 12.8 Å². The second-order valence-electron chi connectivity index (χ2n) is 6.40. The SMILES string of the molecule is CCCCCCCCCC[C@H](N)C(=O)OC(C)(C)C. The maximum absolute atomic E-state index is 11.6. The molecule has 0 saturated carbocycles. The van der Waals surface area contributed by atoms with Gasteiger partial charge in [0.1, 0.15) is 11.6 Å². The third kappa shape index (κ3) is 12.2. The van der Waals surface area contributed by atoms with Gasteiger partial charge in [-0.2, -0.15) is 0 Å². The molecular formula is C16H33NO2. The molecule has 0 radical (unpaired) electrons. The van der Waals surface area contributed by atoms with Crippen molar-refractivity contribution in [2.45, 2.75) is 97.1 Å². The van der Waals surface area contributed by atoms with Gasteiger partial charge in [-0.25, -0.2) is 0 Å². The largest absolute Gasteiger partial charge is 0.459 e. The Morgan fingerprint density at radius 1 is 1.00 bits per heavy atom. The summed E-state index contributed by atoms with van der Waals surface area (Å²) < 4.78 is 5.26. The van der Waals surface area contributed by atoms with Crippen molar-refractivity contribution in [2.75, 3.05) is 0 Å². The van der Waals surface area contributed by atoms with Gasteiger partial charge in [-0.05, 0) is 27.2 Å². The molecule has 19 heavy (non-hydrogen) atoms. The summed E-state index contributed by atoms with van der Waals surface area (Å²) in [5, 5.41) is 0.